The second-order valence-electron chi connectivity index (χ2n) is 3.02. The van der Waals surface area contributed by atoms with E-state index >= 15 is 0 Å². The largest absolute Gasteiger partial charge is 0.279 e. The van der Waals surface area contributed by atoms with E-state index in [0.717, 1.165) is 0 Å². The van der Waals surface area contributed by atoms with Crippen LogP contribution in [-0.4, -0.2) is 14.8 Å². The van der Waals surface area contributed by atoms with Gasteiger partial charge in [0, 0.05) is 7.05 Å². The summed E-state index contributed by atoms with van der Waals surface area (Å²) in [5.41, 5.74) is 0.399. The molecule has 1 N–H and O–H groups in total. The standard InChI is InChI=1S/C9H7BrFN3S/c1-14-9(15)12-8(13-14)5-3-2-4-6(10)7(5)11/h2-4H,1H3,(H,12,13,15). The molecule has 0 amide bonds. The molecule has 0 aliphatic rings. The maximum atomic E-state index is 13.7. The first-order chi connectivity index (χ1) is 7.09. The van der Waals surface area contributed by atoms with Gasteiger partial charge in [0.1, 0.15) is 5.82 Å². The molecule has 0 saturated heterocycles. The normalized spacial score (nSPS) is 10.6. The maximum absolute atomic E-state index is 13.7. The number of aromatic amines is 1. The van der Waals surface area contributed by atoms with Crippen molar-refractivity contribution in [1.29, 1.82) is 0 Å². The molecule has 2 aromatic rings. The van der Waals surface area contributed by atoms with Crippen molar-refractivity contribution < 1.29 is 4.39 Å². The average Bonchev–Trinajstić information content (AvgIpc) is 2.51. The zero-order valence-electron chi connectivity index (χ0n) is 7.79. The Balaban J connectivity index is 2.64. The molecule has 78 valence electrons. The van der Waals surface area contributed by atoms with Crippen molar-refractivity contribution >= 4 is 28.1 Å². The summed E-state index contributed by atoms with van der Waals surface area (Å²) >= 11 is 8.06. The van der Waals surface area contributed by atoms with E-state index in [1.165, 1.54) is 0 Å². The van der Waals surface area contributed by atoms with E-state index in [1.807, 2.05) is 0 Å². The third-order valence-electron chi connectivity index (χ3n) is 1.97. The monoisotopic (exact) mass is 287 g/mol. The summed E-state index contributed by atoms with van der Waals surface area (Å²) in [5.74, 6) is 0.0863. The number of hydrogen-bond acceptors (Lipinski definition) is 2. The Hall–Kier alpha value is -1.01. The van der Waals surface area contributed by atoms with Gasteiger partial charge in [-0.25, -0.2) is 4.39 Å². The van der Waals surface area contributed by atoms with Crippen LogP contribution in [0.3, 0.4) is 0 Å². The number of nitrogens with zero attached hydrogens (tertiary/aromatic N) is 2. The second kappa shape index (κ2) is 3.86. The number of H-pyrrole nitrogens is 1. The van der Waals surface area contributed by atoms with Crippen molar-refractivity contribution in [2.75, 3.05) is 0 Å². The van der Waals surface area contributed by atoms with Crippen LogP contribution in [0.25, 0.3) is 11.4 Å². The lowest BCUT2D eigenvalue weighted by molar-refractivity contribution is 0.623. The Labute approximate surface area is 99.1 Å². The molecular formula is C9H7BrFN3S. The molecule has 2 rings (SSSR count). The third kappa shape index (κ3) is 1.87. The molecule has 1 aromatic heterocycles. The van der Waals surface area contributed by atoms with Crippen LogP contribution in [0.4, 0.5) is 4.39 Å². The first-order valence-corrected chi connectivity index (χ1v) is 5.37. The highest BCUT2D eigenvalue weighted by molar-refractivity contribution is 9.10. The lowest BCUT2D eigenvalue weighted by Gasteiger charge is -2.00. The molecule has 0 atom stereocenters. The minimum Gasteiger partial charge on any atom is -0.279 e. The summed E-state index contributed by atoms with van der Waals surface area (Å²) < 4.78 is 16.0. The van der Waals surface area contributed by atoms with E-state index < -0.39 is 0 Å². The number of nitrogens with one attached hydrogen (secondary N) is 1. The number of benzene rings is 1. The summed E-state index contributed by atoms with van der Waals surface area (Å²) in [5, 5.41) is 2.87. The van der Waals surface area contributed by atoms with Gasteiger partial charge in [0.15, 0.2) is 5.82 Å². The molecule has 1 aromatic carbocycles. The van der Waals surface area contributed by atoms with Crippen LogP contribution in [0, 0.1) is 10.6 Å². The quantitative estimate of drug-likeness (QED) is 0.818. The fourth-order valence-electron chi connectivity index (χ4n) is 1.21. The Bertz CT molecular complexity index is 561. The fourth-order valence-corrected chi connectivity index (χ4v) is 1.71. The highest BCUT2D eigenvalue weighted by Gasteiger charge is 2.11. The van der Waals surface area contributed by atoms with Gasteiger partial charge in [-0.2, -0.15) is 4.98 Å². The Morgan fingerprint density at radius 2 is 2.27 bits per heavy atom. The van der Waals surface area contributed by atoms with E-state index in [4.69, 9.17) is 12.2 Å². The molecule has 0 aliphatic heterocycles. The number of halogens is 2. The predicted molar refractivity (Wildman–Crippen MR) is 61.5 cm³/mol. The number of hydrogen-bond donors (Lipinski definition) is 1. The Morgan fingerprint density at radius 1 is 1.53 bits per heavy atom. The zero-order chi connectivity index (χ0) is 11.0. The molecule has 3 nitrogen and oxygen atoms in total. The van der Waals surface area contributed by atoms with E-state index in [2.05, 4.69) is 26.0 Å². The second-order valence-corrected chi connectivity index (χ2v) is 4.23. The average molecular weight is 288 g/mol. The third-order valence-corrected chi connectivity index (χ3v) is 2.95. The van der Waals surface area contributed by atoms with Gasteiger partial charge in [-0.15, -0.1) is 0 Å². The van der Waals surface area contributed by atoms with Gasteiger partial charge < -0.3 is 0 Å². The summed E-state index contributed by atoms with van der Waals surface area (Å²) in [6.45, 7) is 0. The molecule has 1 heterocycles. The van der Waals surface area contributed by atoms with Crippen molar-refractivity contribution in [2.45, 2.75) is 0 Å². The zero-order valence-corrected chi connectivity index (χ0v) is 10.2. The number of aromatic nitrogens is 3. The van der Waals surface area contributed by atoms with Crippen molar-refractivity contribution in [3.8, 4) is 11.4 Å². The molecule has 0 radical (unpaired) electrons. The van der Waals surface area contributed by atoms with Gasteiger partial charge in [-0.1, -0.05) is 6.07 Å². The van der Waals surface area contributed by atoms with E-state index in [1.54, 1.807) is 29.9 Å². The van der Waals surface area contributed by atoms with Crippen LogP contribution >= 0.6 is 28.1 Å². The molecular weight excluding hydrogens is 281 g/mol. The van der Waals surface area contributed by atoms with Gasteiger partial charge >= 0.3 is 0 Å². The van der Waals surface area contributed by atoms with Crippen molar-refractivity contribution in [2.24, 2.45) is 7.05 Å². The van der Waals surface area contributed by atoms with Gasteiger partial charge in [-0.3, -0.25) is 9.78 Å². The van der Waals surface area contributed by atoms with E-state index in [9.17, 15) is 4.39 Å². The van der Waals surface area contributed by atoms with Gasteiger partial charge in [0.2, 0.25) is 4.77 Å². The smallest absolute Gasteiger partial charge is 0.216 e. The maximum Gasteiger partial charge on any atom is 0.216 e. The molecule has 0 saturated carbocycles. The van der Waals surface area contributed by atoms with Crippen LogP contribution in [0.2, 0.25) is 0 Å². The highest BCUT2D eigenvalue weighted by atomic mass is 79.9. The van der Waals surface area contributed by atoms with Crippen LogP contribution in [-0.2, 0) is 7.05 Å². The molecule has 0 fully saturated rings. The van der Waals surface area contributed by atoms with Gasteiger partial charge in [0.05, 0.1) is 10.0 Å². The fraction of sp³-hybridized carbons (Fsp3) is 0.111. The van der Waals surface area contributed by atoms with Crippen molar-refractivity contribution in [1.82, 2.24) is 14.8 Å². The summed E-state index contributed by atoms with van der Waals surface area (Å²) in [6.07, 6.45) is 0. The Kier molecular flexibility index (Phi) is 2.70. The molecule has 0 aliphatic carbocycles. The highest BCUT2D eigenvalue weighted by Crippen LogP contribution is 2.25. The van der Waals surface area contributed by atoms with Crippen molar-refractivity contribution in [3.05, 3.63) is 33.3 Å². The minimum absolute atomic E-state index is 0.346. The molecule has 0 bridgehead atoms. The van der Waals surface area contributed by atoms with Crippen LogP contribution < -0.4 is 0 Å². The van der Waals surface area contributed by atoms with Gasteiger partial charge in [0.25, 0.3) is 0 Å². The summed E-state index contributed by atoms with van der Waals surface area (Å²) in [4.78, 5) is 4.04. The predicted octanol–water partition coefficient (Wildman–Crippen LogP) is 3.05. The summed E-state index contributed by atoms with van der Waals surface area (Å²) in [7, 11) is 1.73. The molecule has 15 heavy (non-hydrogen) atoms. The molecule has 6 heteroatoms. The van der Waals surface area contributed by atoms with E-state index in [-0.39, 0.29) is 5.82 Å². The first-order valence-electron chi connectivity index (χ1n) is 4.17. The molecule has 0 unspecified atom stereocenters. The van der Waals surface area contributed by atoms with Crippen molar-refractivity contribution in [3.63, 3.8) is 0 Å². The van der Waals surface area contributed by atoms with Crippen LogP contribution in [0.5, 0.6) is 0 Å². The van der Waals surface area contributed by atoms with Crippen LogP contribution in [0.15, 0.2) is 22.7 Å². The molecule has 0 spiro atoms. The summed E-state index contributed by atoms with van der Waals surface area (Å²) in [6, 6.07) is 5.03. The van der Waals surface area contributed by atoms with Gasteiger partial charge in [-0.05, 0) is 40.3 Å². The van der Waals surface area contributed by atoms with Crippen LogP contribution in [0.1, 0.15) is 0 Å². The van der Waals surface area contributed by atoms with E-state index in [0.29, 0.717) is 20.6 Å². The minimum atomic E-state index is -0.346. The Morgan fingerprint density at radius 3 is 2.87 bits per heavy atom. The number of aryl methyl sites for hydroxylation is 1. The lowest BCUT2D eigenvalue weighted by atomic mass is 10.2. The first kappa shape index (κ1) is 10.5. The number of rotatable bonds is 1. The SMILES string of the molecule is Cn1[nH]c(-c2cccc(Br)c2F)nc1=S. The topological polar surface area (TPSA) is 33.6 Å². The lowest BCUT2D eigenvalue weighted by Crippen LogP contribution is -1.91.